The molecule has 5 heteroatoms. The second-order valence-electron chi connectivity index (χ2n) is 4.84. The van der Waals surface area contributed by atoms with E-state index >= 15 is 0 Å². The van der Waals surface area contributed by atoms with E-state index < -0.39 is 0 Å². The van der Waals surface area contributed by atoms with E-state index in [2.05, 4.69) is 19.6 Å². The highest BCUT2D eigenvalue weighted by molar-refractivity contribution is 7.09. The second-order valence-corrected chi connectivity index (χ2v) is 5.60. The van der Waals surface area contributed by atoms with E-state index in [0.717, 1.165) is 17.0 Å². The van der Waals surface area contributed by atoms with Gasteiger partial charge in [-0.2, -0.15) is 4.37 Å². The zero-order valence-corrected chi connectivity index (χ0v) is 10.5. The predicted molar refractivity (Wildman–Crippen MR) is 65.9 cm³/mol. The second kappa shape index (κ2) is 4.30. The fourth-order valence-corrected chi connectivity index (χ4v) is 3.54. The molecule has 2 saturated heterocycles. The summed E-state index contributed by atoms with van der Waals surface area (Å²) in [5.41, 5.74) is 0. The van der Waals surface area contributed by atoms with Gasteiger partial charge in [0.1, 0.15) is 5.82 Å². The van der Waals surface area contributed by atoms with E-state index in [0.29, 0.717) is 6.04 Å². The maximum atomic E-state index is 4.37. The zero-order valence-electron chi connectivity index (χ0n) is 9.65. The van der Waals surface area contributed by atoms with Gasteiger partial charge in [0.15, 0.2) is 0 Å². The number of nitrogens with zero attached hydrogens (tertiary/aromatic N) is 3. The standard InChI is InChI=1S/C11H18N4S/c1-8-12-11(16-14-8)13-9-4-6-15-5-2-3-10(15)7-9/h9-10H,2-7H2,1H3,(H,12,13,14)/t9-,10-/m1/s1. The summed E-state index contributed by atoms with van der Waals surface area (Å²) in [6.45, 7) is 4.51. The molecule has 0 saturated carbocycles. The zero-order chi connectivity index (χ0) is 11.0. The summed E-state index contributed by atoms with van der Waals surface area (Å²) in [4.78, 5) is 7.02. The molecule has 1 N–H and O–H groups in total. The Hall–Kier alpha value is -0.680. The Morgan fingerprint density at radius 1 is 1.38 bits per heavy atom. The molecule has 2 fully saturated rings. The number of aromatic nitrogens is 2. The van der Waals surface area contributed by atoms with Gasteiger partial charge in [-0.1, -0.05) is 0 Å². The van der Waals surface area contributed by atoms with Crippen LogP contribution in [-0.4, -0.2) is 39.4 Å². The number of fused-ring (bicyclic) bond motifs is 1. The highest BCUT2D eigenvalue weighted by Gasteiger charge is 2.31. The molecule has 2 aliphatic rings. The summed E-state index contributed by atoms with van der Waals surface area (Å²) in [6.07, 6.45) is 5.29. The van der Waals surface area contributed by atoms with Crippen molar-refractivity contribution >= 4 is 16.7 Å². The molecular weight excluding hydrogens is 220 g/mol. The van der Waals surface area contributed by atoms with Crippen molar-refractivity contribution in [3.05, 3.63) is 5.82 Å². The van der Waals surface area contributed by atoms with Crippen LogP contribution < -0.4 is 5.32 Å². The minimum atomic E-state index is 0.603. The maximum Gasteiger partial charge on any atom is 0.202 e. The van der Waals surface area contributed by atoms with Crippen LogP contribution in [0, 0.1) is 6.92 Å². The van der Waals surface area contributed by atoms with Crippen molar-refractivity contribution in [1.29, 1.82) is 0 Å². The van der Waals surface area contributed by atoms with Crippen LogP contribution in [0.3, 0.4) is 0 Å². The quantitative estimate of drug-likeness (QED) is 0.854. The third kappa shape index (κ3) is 2.06. The minimum Gasteiger partial charge on any atom is -0.357 e. The van der Waals surface area contributed by atoms with E-state index in [1.807, 2.05) is 6.92 Å². The lowest BCUT2D eigenvalue weighted by Gasteiger charge is -2.34. The number of rotatable bonds is 2. The SMILES string of the molecule is Cc1nsc(N[C@@H]2CCN3CCC[C@@H]3C2)n1. The van der Waals surface area contributed by atoms with Crippen molar-refractivity contribution in [2.45, 2.75) is 44.7 Å². The van der Waals surface area contributed by atoms with Gasteiger partial charge in [0.2, 0.25) is 5.13 Å². The fourth-order valence-electron chi connectivity index (χ4n) is 2.89. The lowest BCUT2D eigenvalue weighted by molar-refractivity contribution is 0.188. The van der Waals surface area contributed by atoms with Gasteiger partial charge in [-0.15, -0.1) is 0 Å². The van der Waals surface area contributed by atoms with Gasteiger partial charge in [-0.25, -0.2) is 4.98 Å². The Morgan fingerprint density at radius 2 is 2.31 bits per heavy atom. The van der Waals surface area contributed by atoms with Gasteiger partial charge < -0.3 is 10.2 Å². The average molecular weight is 238 g/mol. The van der Waals surface area contributed by atoms with E-state index in [-0.39, 0.29) is 0 Å². The Balaban J connectivity index is 1.60. The molecule has 0 spiro atoms. The Labute approximate surface area is 100 Å². The average Bonchev–Trinajstić information content (AvgIpc) is 2.87. The number of aryl methyl sites for hydroxylation is 1. The summed E-state index contributed by atoms with van der Waals surface area (Å²) in [7, 11) is 0. The van der Waals surface area contributed by atoms with E-state index in [1.54, 1.807) is 0 Å². The van der Waals surface area contributed by atoms with Gasteiger partial charge in [0, 0.05) is 30.2 Å². The summed E-state index contributed by atoms with van der Waals surface area (Å²) >= 11 is 1.48. The number of piperidine rings is 1. The first kappa shape index (κ1) is 10.5. The van der Waals surface area contributed by atoms with Crippen LogP contribution in [0.15, 0.2) is 0 Å². The first-order chi connectivity index (χ1) is 7.81. The van der Waals surface area contributed by atoms with Crippen molar-refractivity contribution in [3.63, 3.8) is 0 Å². The van der Waals surface area contributed by atoms with Crippen molar-refractivity contribution in [3.8, 4) is 0 Å². The lowest BCUT2D eigenvalue weighted by Crippen LogP contribution is -2.42. The number of hydrogen-bond acceptors (Lipinski definition) is 5. The Morgan fingerprint density at radius 3 is 3.12 bits per heavy atom. The Kier molecular flexibility index (Phi) is 2.81. The third-order valence-corrected chi connectivity index (χ3v) is 4.41. The number of nitrogens with one attached hydrogen (secondary N) is 1. The van der Waals surface area contributed by atoms with Crippen molar-refractivity contribution in [2.75, 3.05) is 18.4 Å². The van der Waals surface area contributed by atoms with Crippen LogP contribution in [-0.2, 0) is 0 Å². The largest absolute Gasteiger partial charge is 0.357 e. The van der Waals surface area contributed by atoms with Gasteiger partial charge in [-0.05, 0) is 39.2 Å². The van der Waals surface area contributed by atoms with Crippen LogP contribution in [0.4, 0.5) is 5.13 Å². The number of hydrogen-bond donors (Lipinski definition) is 1. The molecule has 88 valence electrons. The lowest BCUT2D eigenvalue weighted by atomic mass is 9.98. The van der Waals surface area contributed by atoms with Crippen molar-refractivity contribution in [2.24, 2.45) is 0 Å². The molecule has 4 nitrogen and oxygen atoms in total. The predicted octanol–water partition coefficient (Wildman–Crippen LogP) is 1.89. The molecular formula is C11H18N4S. The van der Waals surface area contributed by atoms with Gasteiger partial charge >= 0.3 is 0 Å². The normalized spacial score (nSPS) is 30.3. The number of anilines is 1. The van der Waals surface area contributed by atoms with Crippen LogP contribution in [0.5, 0.6) is 0 Å². The molecule has 0 aliphatic carbocycles. The van der Waals surface area contributed by atoms with Gasteiger partial charge in [0.05, 0.1) is 0 Å². The smallest absolute Gasteiger partial charge is 0.202 e. The molecule has 0 bridgehead atoms. The summed E-state index contributed by atoms with van der Waals surface area (Å²) in [5.74, 6) is 0.880. The van der Waals surface area contributed by atoms with Crippen LogP contribution in [0.1, 0.15) is 31.5 Å². The highest BCUT2D eigenvalue weighted by Crippen LogP contribution is 2.28. The molecule has 1 aromatic rings. The topological polar surface area (TPSA) is 41.1 Å². The first-order valence-electron chi connectivity index (χ1n) is 6.12. The minimum absolute atomic E-state index is 0.603. The molecule has 2 aliphatic heterocycles. The fraction of sp³-hybridized carbons (Fsp3) is 0.818. The molecule has 0 amide bonds. The van der Waals surface area contributed by atoms with Gasteiger partial charge in [0.25, 0.3) is 0 Å². The molecule has 3 heterocycles. The maximum absolute atomic E-state index is 4.37. The van der Waals surface area contributed by atoms with Gasteiger partial charge in [-0.3, -0.25) is 0 Å². The van der Waals surface area contributed by atoms with Crippen LogP contribution in [0.2, 0.25) is 0 Å². The van der Waals surface area contributed by atoms with Crippen LogP contribution in [0.25, 0.3) is 0 Å². The summed E-state index contributed by atoms with van der Waals surface area (Å²) in [6, 6.07) is 1.42. The van der Waals surface area contributed by atoms with Crippen LogP contribution >= 0.6 is 11.5 Å². The van der Waals surface area contributed by atoms with Crippen molar-refractivity contribution in [1.82, 2.24) is 14.3 Å². The first-order valence-corrected chi connectivity index (χ1v) is 6.89. The van der Waals surface area contributed by atoms with E-state index in [9.17, 15) is 0 Å². The monoisotopic (exact) mass is 238 g/mol. The van der Waals surface area contributed by atoms with E-state index in [4.69, 9.17) is 0 Å². The molecule has 3 rings (SSSR count). The summed E-state index contributed by atoms with van der Waals surface area (Å²) in [5, 5.41) is 4.53. The molecule has 0 aromatic carbocycles. The Bertz CT molecular complexity index is 365. The highest BCUT2D eigenvalue weighted by atomic mass is 32.1. The molecule has 0 radical (unpaired) electrons. The molecule has 2 atom stereocenters. The van der Waals surface area contributed by atoms with E-state index in [1.165, 1.54) is 50.3 Å². The molecule has 0 unspecified atom stereocenters. The summed E-state index contributed by atoms with van der Waals surface area (Å²) < 4.78 is 4.21. The van der Waals surface area contributed by atoms with Crippen molar-refractivity contribution < 1.29 is 0 Å². The molecule has 1 aromatic heterocycles. The third-order valence-electron chi connectivity index (χ3n) is 3.68. The molecule has 16 heavy (non-hydrogen) atoms.